The van der Waals surface area contributed by atoms with Crippen LogP contribution in [0.1, 0.15) is 34.5 Å². The van der Waals surface area contributed by atoms with Gasteiger partial charge in [-0.3, -0.25) is 9.59 Å². The van der Waals surface area contributed by atoms with E-state index in [-0.39, 0.29) is 11.8 Å². The first-order valence-electron chi connectivity index (χ1n) is 8.57. The van der Waals surface area contributed by atoms with Gasteiger partial charge in [0.05, 0.1) is 0 Å². The largest absolute Gasteiger partial charge is 0.324 e. The molecular formula is C20H21N5O2. The van der Waals surface area contributed by atoms with Crippen molar-refractivity contribution in [2.45, 2.75) is 26.8 Å². The molecule has 0 spiro atoms. The van der Waals surface area contributed by atoms with E-state index in [0.29, 0.717) is 16.9 Å². The molecule has 0 fully saturated rings. The molecule has 3 rings (SSSR count). The maximum absolute atomic E-state index is 12.4. The minimum absolute atomic E-state index is 0.168. The summed E-state index contributed by atoms with van der Waals surface area (Å²) in [6, 6.07) is 12.2. The smallest absolute Gasteiger partial charge is 0.255 e. The molecule has 0 radical (unpaired) electrons. The Bertz CT molecular complexity index is 929. The maximum Gasteiger partial charge on any atom is 0.255 e. The Morgan fingerprint density at radius 2 is 1.56 bits per heavy atom. The lowest BCUT2D eigenvalue weighted by Crippen LogP contribution is -2.24. The summed E-state index contributed by atoms with van der Waals surface area (Å²) in [6.45, 7) is 5.66. The number of nitrogens with zero attached hydrogens (tertiary/aromatic N) is 3. The third-order valence-corrected chi connectivity index (χ3v) is 4.11. The second-order valence-electron chi connectivity index (χ2n) is 6.45. The van der Waals surface area contributed by atoms with Gasteiger partial charge in [-0.05, 0) is 57.2 Å². The minimum atomic E-state index is -0.476. The van der Waals surface area contributed by atoms with Gasteiger partial charge in [-0.2, -0.15) is 5.10 Å². The topological polar surface area (TPSA) is 88.9 Å². The van der Waals surface area contributed by atoms with Crippen LogP contribution in [0, 0.1) is 13.8 Å². The van der Waals surface area contributed by atoms with Crippen LogP contribution in [-0.4, -0.2) is 26.6 Å². The van der Waals surface area contributed by atoms with Crippen LogP contribution in [0.5, 0.6) is 0 Å². The zero-order valence-corrected chi connectivity index (χ0v) is 15.4. The predicted octanol–water partition coefficient (Wildman–Crippen LogP) is 3.35. The van der Waals surface area contributed by atoms with Crippen molar-refractivity contribution in [2.24, 2.45) is 0 Å². The molecule has 7 heteroatoms. The van der Waals surface area contributed by atoms with Gasteiger partial charge < -0.3 is 10.6 Å². The van der Waals surface area contributed by atoms with Crippen LogP contribution in [0.15, 0.2) is 55.1 Å². The quantitative estimate of drug-likeness (QED) is 0.727. The van der Waals surface area contributed by atoms with Gasteiger partial charge in [-0.25, -0.2) is 9.67 Å². The Morgan fingerprint density at radius 1 is 0.963 bits per heavy atom. The summed E-state index contributed by atoms with van der Waals surface area (Å²) >= 11 is 0. The molecule has 27 heavy (non-hydrogen) atoms. The Hall–Kier alpha value is -3.48. The summed E-state index contributed by atoms with van der Waals surface area (Å²) < 4.78 is 1.48. The zero-order chi connectivity index (χ0) is 19.4. The van der Waals surface area contributed by atoms with Crippen LogP contribution in [-0.2, 0) is 4.79 Å². The van der Waals surface area contributed by atoms with E-state index in [1.54, 1.807) is 31.2 Å². The number of carbonyl (C=O) groups is 2. The zero-order valence-electron chi connectivity index (χ0n) is 15.4. The number of nitrogens with one attached hydrogen (secondary N) is 2. The standard InChI is InChI=1S/C20H21N5O2/c1-13-8-14(2)10-16(9-13)20(27)24-18-6-4-17(5-7-18)23-19(26)15(3)25-12-21-11-22-25/h4-12,15H,1-3H3,(H,23,26)(H,24,27)/t15-/m1/s1. The number of aromatic nitrogens is 3. The average Bonchev–Trinajstić information content (AvgIpc) is 3.16. The third-order valence-electron chi connectivity index (χ3n) is 4.11. The molecule has 1 aromatic heterocycles. The van der Waals surface area contributed by atoms with Crippen molar-refractivity contribution in [3.05, 3.63) is 71.8 Å². The number of carbonyl (C=O) groups excluding carboxylic acids is 2. The fourth-order valence-corrected chi connectivity index (χ4v) is 2.73. The highest BCUT2D eigenvalue weighted by atomic mass is 16.2. The molecule has 2 N–H and O–H groups in total. The highest BCUT2D eigenvalue weighted by Crippen LogP contribution is 2.17. The first-order valence-corrected chi connectivity index (χ1v) is 8.57. The molecule has 1 heterocycles. The highest BCUT2D eigenvalue weighted by Gasteiger charge is 2.15. The van der Waals surface area contributed by atoms with Gasteiger partial charge >= 0.3 is 0 Å². The lowest BCUT2D eigenvalue weighted by molar-refractivity contribution is -0.119. The van der Waals surface area contributed by atoms with Crippen molar-refractivity contribution >= 4 is 23.2 Å². The van der Waals surface area contributed by atoms with Crippen LogP contribution in [0.4, 0.5) is 11.4 Å². The molecule has 0 saturated carbocycles. The van der Waals surface area contributed by atoms with E-state index in [9.17, 15) is 9.59 Å². The number of aryl methyl sites for hydroxylation is 2. The molecule has 0 aliphatic carbocycles. The first-order chi connectivity index (χ1) is 12.9. The van der Waals surface area contributed by atoms with Crippen molar-refractivity contribution in [3.63, 3.8) is 0 Å². The highest BCUT2D eigenvalue weighted by molar-refractivity contribution is 6.04. The van der Waals surface area contributed by atoms with Crippen molar-refractivity contribution in [1.82, 2.24) is 14.8 Å². The van der Waals surface area contributed by atoms with Crippen molar-refractivity contribution in [1.29, 1.82) is 0 Å². The van der Waals surface area contributed by atoms with Crippen LogP contribution in [0.25, 0.3) is 0 Å². The summed E-state index contributed by atoms with van der Waals surface area (Å²) in [7, 11) is 0. The van der Waals surface area contributed by atoms with Crippen LogP contribution in [0.2, 0.25) is 0 Å². The lowest BCUT2D eigenvalue weighted by atomic mass is 10.1. The molecule has 1 atom stereocenters. The van der Waals surface area contributed by atoms with Gasteiger partial charge in [0.1, 0.15) is 18.7 Å². The number of amides is 2. The SMILES string of the molecule is Cc1cc(C)cc(C(=O)Nc2ccc(NC(=O)[C@@H](C)n3cncn3)cc2)c1. The molecule has 0 unspecified atom stereocenters. The van der Waals surface area contributed by atoms with Crippen LogP contribution >= 0.6 is 0 Å². The lowest BCUT2D eigenvalue weighted by Gasteiger charge is -2.12. The summed E-state index contributed by atoms with van der Waals surface area (Å²) in [5, 5.41) is 9.65. The molecule has 2 amide bonds. The first kappa shape index (κ1) is 18.3. The van der Waals surface area contributed by atoms with E-state index in [4.69, 9.17) is 0 Å². The van der Waals surface area contributed by atoms with Gasteiger partial charge in [0, 0.05) is 16.9 Å². The summed E-state index contributed by atoms with van der Waals surface area (Å²) in [4.78, 5) is 28.5. The van der Waals surface area contributed by atoms with Crippen LogP contribution < -0.4 is 10.6 Å². The molecule has 0 bridgehead atoms. The summed E-state index contributed by atoms with van der Waals surface area (Å²) in [6.07, 6.45) is 2.88. The monoisotopic (exact) mass is 363 g/mol. The van der Waals surface area contributed by atoms with E-state index in [1.165, 1.54) is 17.3 Å². The van der Waals surface area contributed by atoms with Gasteiger partial charge in [-0.15, -0.1) is 0 Å². The van der Waals surface area contributed by atoms with Crippen molar-refractivity contribution in [2.75, 3.05) is 10.6 Å². The van der Waals surface area contributed by atoms with Gasteiger partial charge in [-0.1, -0.05) is 17.2 Å². The van der Waals surface area contributed by atoms with E-state index < -0.39 is 6.04 Å². The van der Waals surface area contributed by atoms with Crippen LogP contribution in [0.3, 0.4) is 0 Å². The fraction of sp³-hybridized carbons (Fsp3) is 0.200. The van der Waals surface area contributed by atoms with Gasteiger partial charge in [0.25, 0.3) is 5.91 Å². The maximum atomic E-state index is 12.4. The van der Waals surface area contributed by atoms with Crippen molar-refractivity contribution < 1.29 is 9.59 Å². The molecule has 2 aromatic carbocycles. The Kier molecular flexibility index (Phi) is 5.30. The number of anilines is 2. The molecule has 138 valence electrons. The molecule has 0 aliphatic heterocycles. The Labute approximate surface area is 157 Å². The molecular weight excluding hydrogens is 342 g/mol. The third kappa shape index (κ3) is 4.58. The molecule has 0 saturated heterocycles. The molecule has 0 aliphatic rings. The summed E-state index contributed by atoms with van der Waals surface area (Å²) in [5.74, 6) is -0.370. The second kappa shape index (κ2) is 7.82. The van der Waals surface area contributed by atoms with Gasteiger partial charge in [0.15, 0.2) is 0 Å². The van der Waals surface area contributed by atoms with E-state index in [0.717, 1.165) is 11.1 Å². The normalized spacial score (nSPS) is 11.7. The average molecular weight is 363 g/mol. The van der Waals surface area contributed by atoms with E-state index >= 15 is 0 Å². The number of hydrogen-bond acceptors (Lipinski definition) is 4. The Morgan fingerprint density at radius 3 is 2.11 bits per heavy atom. The van der Waals surface area contributed by atoms with E-state index in [2.05, 4.69) is 20.7 Å². The van der Waals surface area contributed by atoms with Gasteiger partial charge in [0.2, 0.25) is 5.91 Å². The number of hydrogen-bond donors (Lipinski definition) is 2. The molecule has 3 aromatic rings. The minimum Gasteiger partial charge on any atom is -0.324 e. The Balaban J connectivity index is 1.63. The summed E-state index contributed by atoms with van der Waals surface area (Å²) in [5.41, 5.74) is 3.99. The van der Waals surface area contributed by atoms with E-state index in [1.807, 2.05) is 32.0 Å². The molecule has 7 nitrogen and oxygen atoms in total. The number of benzene rings is 2. The second-order valence-corrected chi connectivity index (χ2v) is 6.45. The predicted molar refractivity (Wildman–Crippen MR) is 104 cm³/mol. The number of rotatable bonds is 5. The fourth-order valence-electron chi connectivity index (χ4n) is 2.73. The van der Waals surface area contributed by atoms with Crippen molar-refractivity contribution in [3.8, 4) is 0 Å².